The smallest absolute Gasteiger partial charge is 0.0785 e. The van der Waals surface area contributed by atoms with E-state index in [0.29, 0.717) is 0 Å². The second-order valence-corrected chi connectivity index (χ2v) is 3.48. The standard InChI is InChI=1S/C12H14N2/c1-3-13-8-11-7-10-6-9(2)4-5-12(10)14-11/h3-7,14H,8H2,1-2H3. The molecule has 14 heavy (non-hydrogen) atoms. The molecular weight excluding hydrogens is 172 g/mol. The van der Waals surface area contributed by atoms with Gasteiger partial charge in [0, 0.05) is 11.2 Å². The maximum absolute atomic E-state index is 4.20. The van der Waals surface area contributed by atoms with Gasteiger partial charge < -0.3 is 4.98 Å². The highest BCUT2D eigenvalue weighted by Gasteiger charge is 1.98. The van der Waals surface area contributed by atoms with Crippen LogP contribution >= 0.6 is 0 Å². The molecule has 2 rings (SSSR count). The van der Waals surface area contributed by atoms with Crippen LogP contribution in [0.3, 0.4) is 0 Å². The van der Waals surface area contributed by atoms with Gasteiger partial charge in [-0.3, -0.25) is 4.99 Å². The van der Waals surface area contributed by atoms with Crippen molar-refractivity contribution < 1.29 is 0 Å². The van der Waals surface area contributed by atoms with Gasteiger partial charge in [-0.15, -0.1) is 0 Å². The number of rotatable bonds is 2. The topological polar surface area (TPSA) is 28.1 Å². The number of aromatic nitrogens is 1. The second kappa shape index (κ2) is 3.66. The van der Waals surface area contributed by atoms with Gasteiger partial charge in [0.25, 0.3) is 0 Å². The Kier molecular flexibility index (Phi) is 2.35. The lowest BCUT2D eigenvalue weighted by molar-refractivity contribution is 1.02. The fourth-order valence-electron chi connectivity index (χ4n) is 1.59. The fraction of sp³-hybridized carbons (Fsp3) is 0.250. The van der Waals surface area contributed by atoms with Crippen molar-refractivity contribution >= 4 is 17.1 Å². The summed E-state index contributed by atoms with van der Waals surface area (Å²) in [6.07, 6.45) is 1.83. The number of hydrogen-bond donors (Lipinski definition) is 1. The Hall–Kier alpha value is -1.57. The summed E-state index contributed by atoms with van der Waals surface area (Å²) in [5.74, 6) is 0. The predicted octanol–water partition coefficient (Wildman–Crippen LogP) is 3.07. The van der Waals surface area contributed by atoms with Gasteiger partial charge in [-0.2, -0.15) is 0 Å². The predicted molar refractivity (Wildman–Crippen MR) is 60.9 cm³/mol. The van der Waals surface area contributed by atoms with Crippen LogP contribution in [0.1, 0.15) is 18.2 Å². The largest absolute Gasteiger partial charge is 0.357 e. The lowest BCUT2D eigenvalue weighted by Gasteiger charge is -1.90. The van der Waals surface area contributed by atoms with Crippen LogP contribution in [0, 0.1) is 6.92 Å². The number of benzene rings is 1. The zero-order valence-corrected chi connectivity index (χ0v) is 8.54. The van der Waals surface area contributed by atoms with E-state index in [1.165, 1.54) is 22.2 Å². The zero-order chi connectivity index (χ0) is 9.97. The summed E-state index contributed by atoms with van der Waals surface area (Å²) >= 11 is 0. The molecule has 72 valence electrons. The molecule has 0 radical (unpaired) electrons. The lowest BCUT2D eigenvalue weighted by Crippen LogP contribution is -1.79. The third-order valence-electron chi connectivity index (χ3n) is 2.28. The van der Waals surface area contributed by atoms with Crippen molar-refractivity contribution in [1.82, 2.24) is 4.98 Å². The van der Waals surface area contributed by atoms with Crippen molar-refractivity contribution in [2.45, 2.75) is 20.4 Å². The third kappa shape index (κ3) is 1.69. The first-order chi connectivity index (χ1) is 6.79. The summed E-state index contributed by atoms with van der Waals surface area (Å²) < 4.78 is 0. The molecule has 2 aromatic rings. The number of nitrogens with one attached hydrogen (secondary N) is 1. The normalized spacial score (nSPS) is 11.6. The van der Waals surface area contributed by atoms with Crippen molar-refractivity contribution in [3.63, 3.8) is 0 Å². The Morgan fingerprint density at radius 3 is 3.00 bits per heavy atom. The first-order valence-electron chi connectivity index (χ1n) is 4.82. The van der Waals surface area contributed by atoms with E-state index in [4.69, 9.17) is 0 Å². The van der Waals surface area contributed by atoms with Crippen LogP contribution in [0.5, 0.6) is 0 Å². The number of hydrogen-bond acceptors (Lipinski definition) is 1. The highest BCUT2D eigenvalue weighted by molar-refractivity contribution is 5.81. The maximum atomic E-state index is 4.20. The fourth-order valence-corrected chi connectivity index (χ4v) is 1.59. The van der Waals surface area contributed by atoms with Gasteiger partial charge in [-0.05, 0) is 43.6 Å². The highest BCUT2D eigenvalue weighted by Crippen LogP contribution is 2.17. The molecular formula is C12H14N2. The molecule has 0 bridgehead atoms. The van der Waals surface area contributed by atoms with E-state index in [-0.39, 0.29) is 0 Å². The molecule has 1 aromatic carbocycles. The Morgan fingerprint density at radius 1 is 1.36 bits per heavy atom. The maximum Gasteiger partial charge on any atom is 0.0785 e. The molecule has 0 fully saturated rings. The van der Waals surface area contributed by atoms with Crippen molar-refractivity contribution in [3.05, 3.63) is 35.5 Å². The minimum absolute atomic E-state index is 0.740. The summed E-state index contributed by atoms with van der Waals surface area (Å²) in [7, 11) is 0. The van der Waals surface area contributed by atoms with Gasteiger partial charge in [0.1, 0.15) is 0 Å². The van der Waals surface area contributed by atoms with Gasteiger partial charge in [-0.1, -0.05) is 11.6 Å². The second-order valence-electron chi connectivity index (χ2n) is 3.48. The Bertz CT molecular complexity index is 466. The molecule has 0 saturated carbocycles. The van der Waals surface area contributed by atoms with E-state index in [1.807, 2.05) is 13.1 Å². The summed E-state index contributed by atoms with van der Waals surface area (Å²) in [5.41, 5.74) is 3.66. The monoisotopic (exact) mass is 186 g/mol. The van der Waals surface area contributed by atoms with Gasteiger partial charge in [-0.25, -0.2) is 0 Å². The van der Waals surface area contributed by atoms with Crippen molar-refractivity contribution in [3.8, 4) is 0 Å². The molecule has 1 heterocycles. The molecule has 1 aromatic heterocycles. The molecule has 0 atom stereocenters. The Balaban J connectivity index is 2.41. The average Bonchev–Trinajstić information content (AvgIpc) is 2.56. The quantitative estimate of drug-likeness (QED) is 0.698. The zero-order valence-electron chi connectivity index (χ0n) is 8.54. The van der Waals surface area contributed by atoms with Crippen LogP contribution in [0.25, 0.3) is 10.9 Å². The molecule has 0 aliphatic rings. The van der Waals surface area contributed by atoms with E-state index in [1.54, 1.807) is 0 Å². The van der Waals surface area contributed by atoms with E-state index in [9.17, 15) is 0 Å². The van der Waals surface area contributed by atoms with Gasteiger partial charge in [0.15, 0.2) is 0 Å². The highest BCUT2D eigenvalue weighted by atomic mass is 14.8. The molecule has 0 unspecified atom stereocenters. The number of aryl methyl sites for hydroxylation is 1. The third-order valence-corrected chi connectivity index (χ3v) is 2.28. The molecule has 2 nitrogen and oxygen atoms in total. The van der Waals surface area contributed by atoms with Crippen LogP contribution in [-0.4, -0.2) is 11.2 Å². The van der Waals surface area contributed by atoms with Gasteiger partial charge >= 0.3 is 0 Å². The van der Waals surface area contributed by atoms with Crippen LogP contribution in [0.2, 0.25) is 0 Å². The average molecular weight is 186 g/mol. The minimum Gasteiger partial charge on any atom is -0.357 e. The summed E-state index contributed by atoms with van der Waals surface area (Å²) in [6.45, 7) is 4.79. The molecule has 0 saturated heterocycles. The van der Waals surface area contributed by atoms with E-state index >= 15 is 0 Å². The molecule has 1 N–H and O–H groups in total. The van der Waals surface area contributed by atoms with E-state index < -0.39 is 0 Å². The minimum atomic E-state index is 0.740. The van der Waals surface area contributed by atoms with Crippen LogP contribution in [-0.2, 0) is 6.54 Å². The van der Waals surface area contributed by atoms with Crippen molar-refractivity contribution in [2.75, 3.05) is 0 Å². The van der Waals surface area contributed by atoms with Crippen molar-refractivity contribution in [1.29, 1.82) is 0 Å². The Labute approximate surface area is 83.7 Å². The summed E-state index contributed by atoms with van der Waals surface area (Å²) in [6, 6.07) is 8.58. The number of fused-ring (bicyclic) bond motifs is 1. The lowest BCUT2D eigenvalue weighted by atomic mass is 10.2. The number of aromatic amines is 1. The van der Waals surface area contributed by atoms with Crippen LogP contribution in [0.15, 0.2) is 29.3 Å². The number of aliphatic imine (C=N–C) groups is 1. The Morgan fingerprint density at radius 2 is 2.21 bits per heavy atom. The number of H-pyrrole nitrogens is 1. The molecule has 0 spiro atoms. The summed E-state index contributed by atoms with van der Waals surface area (Å²) in [5, 5.41) is 1.27. The van der Waals surface area contributed by atoms with E-state index in [0.717, 1.165) is 6.54 Å². The SMILES string of the molecule is CC=NCc1cc2cc(C)ccc2[nH]1. The molecule has 2 heteroatoms. The molecule has 0 aliphatic carbocycles. The number of nitrogens with zero attached hydrogens (tertiary/aromatic N) is 1. The van der Waals surface area contributed by atoms with Crippen LogP contribution < -0.4 is 0 Å². The first-order valence-corrected chi connectivity index (χ1v) is 4.82. The van der Waals surface area contributed by atoms with E-state index in [2.05, 4.69) is 41.2 Å². The van der Waals surface area contributed by atoms with Gasteiger partial charge in [0.05, 0.1) is 6.54 Å². The van der Waals surface area contributed by atoms with Crippen LogP contribution in [0.4, 0.5) is 0 Å². The van der Waals surface area contributed by atoms with Gasteiger partial charge in [0.2, 0.25) is 0 Å². The first kappa shape index (κ1) is 9.00. The van der Waals surface area contributed by atoms with Crippen molar-refractivity contribution in [2.24, 2.45) is 4.99 Å². The molecule has 0 aliphatic heterocycles. The molecule has 0 amide bonds. The summed E-state index contributed by atoms with van der Waals surface area (Å²) in [4.78, 5) is 7.55.